The molecule has 2 amide bonds. The van der Waals surface area contributed by atoms with Gasteiger partial charge >= 0.3 is 12.0 Å². The Bertz CT molecular complexity index is 570. The van der Waals surface area contributed by atoms with E-state index in [2.05, 4.69) is 5.32 Å². The van der Waals surface area contributed by atoms with Crippen LogP contribution >= 0.6 is 0 Å². The summed E-state index contributed by atoms with van der Waals surface area (Å²) in [5.74, 6) is 0.560. The Hall–Kier alpha value is -2.24. The third-order valence-corrected chi connectivity index (χ3v) is 3.83. The molecule has 0 atom stereocenters. The van der Waals surface area contributed by atoms with Crippen molar-refractivity contribution in [2.75, 3.05) is 20.2 Å². The van der Waals surface area contributed by atoms with Gasteiger partial charge in [-0.15, -0.1) is 0 Å². The topological polar surface area (TPSA) is 78.9 Å². The van der Waals surface area contributed by atoms with Crippen LogP contribution in [0.5, 0.6) is 5.75 Å². The molecule has 0 saturated heterocycles. The zero-order chi connectivity index (χ0) is 16.8. The molecule has 2 rings (SSSR count). The second-order valence-electron chi connectivity index (χ2n) is 6.09. The molecule has 6 nitrogen and oxygen atoms in total. The molecule has 2 N–H and O–H groups in total. The van der Waals surface area contributed by atoms with Crippen molar-refractivity contribution in [1.82, 2.24) is 10.2 Å². The van der Waals surface area contributed by atoms with Crippen LogP contribution in [0.2, 0.25) is 0 Å². The minimum absolute atomic E-state index is 0.0653. The average Bonchev–Trinajstić information content (AvgIpc) is 3.33. The maximum atomic E-state index is 12.0. The third-order valence-electron chi connectivity index (χ3n) is 3.83. The molecule has 0 heterocycles. The van der Waals surface area contributed by atoms with Crippen LogP contribution in [-0.4, -0.2) is 42.2 Å². The molecule has 0 radical (unpaired) electrons. The Morgan fingerprint density at radius 2 is 2.13 bits per heavy atom. The lowest BCUT2D eigenvalue weighted by molar-refractivity contribution is -0.137. The Kier molecular flexibility index (Phi) is 5.84. The standard InChI is InChI=1S/C17H24N2O4/c1-12-3-6-14(15(9-12)23-11-13-4-5-13)10-18-17(22)19(2)8-7-16(20)21/h3,6,9,13H,4-5,7-8,10-11H2,1-2H3,(H,18,22)(H,20,21). The molecule has 23 heavy (non-hydrogen) atoms. The number of rotatable bonds is 8. The minimum atomic E-state index is -0.918. The van der Waals surface area contributed by atoms with Crippen molar-refractivity contribution in [3.05, 3.63) is 29.3 Å². The highest BCUT2D eigenvalue weighted by atomic mass is 16.5. The molecule has 6 heteroatoms. The van der Waals surface area contributed by atoms with Crippen LogP contribution < -0.4 is 10.1 Å². The fourth-order valence-electron chi connectivity index (χ4n) is 2.11. The summed E-state index contributed by atoms with van der Waals surface area (Å²) in [6.07, 6.45) is 2.39. The van der Waals surface area contributed by atoms with Crippen LogP contribution in [0.15, 0.2) is 18.2 Å². The maximum absolute atomic E-state index is 12.0. The summed E-state index contributed by atoms with van der Waals surface area (Å²) in [4.78, 5) is 23.9. The SMILES string of the molecule is Cc1ccc(CNC(=O)N(C)CCC(=O)O)c(OCC2CC2)c1. The lowest BCUT2D eigenvalue weighted by atomic mass is 10.1. The molecule has 1 aliphatic rings. The van der Waals surface area contributed by atoms with Gasteiger partial charge in [-0.2, -0.15) is 0 Å². The molecule has 1 aromatic carbocycles. The van der Waals surface area contributed by atoms with Crippen molar-refractivity contribution in [2.45, 2.75) is 32.7 Å². The number of hydrogen-bond acceptors (Lipinski definition) is 3. The monoisotopic (exact) mass is 320 g/mol. The van der Waals surface area contributed by atoms with Crippen molar-refractivity contribution >= 4 is 12.0 Å². The van der Waals surface area contributed by atoms with Gasteiger partial charge in [0, 0.05) is 25.7 Å². The second-order valence-corrected chi connectivity index (χ2v) is 6.09. The molecule has 0 aliphatic heterocycles. The van der Waals surface area contributed by atoms with Crippen molar-refractivity contribution in [3.63, 3.8) is 0 Å². The number of aliphatic carboxylic acids is 1. The van der Waals surface area contributed by atoms with E-state index in [0.717, 1.165) is 23.5 Å². The van der Waals surface area contributed by atoms with Crippen molar-refractivity contribution in [3.8, 4) is 5.75 Å². The van der Waals surface area contributed by atoms with Crippen LogP contribution in [0.25, 0.3) is 0 Å². The van der Waals surface area contributed by atoms with E-state index in [1.54, 1.807) is 7.05 Å². The zero-order valence-electron chi connectivity index (χ0n) is 13.7. The number of carbonyl (C=O) groups excluding carboxylic acids is 1. The summed E-state index contributed by atoms with van der Waals surface area (Å²) in [5.41, 5.74) is 2.04. The van der Waals surface area contributed by atoms with Gasteiger partial charge < -0.3 is 20.1 Å². The van der Waals surface area contributed by atoms with Gasteiger partial charge in [0.2, 0.25) is 0 Å². The summed E-state index contributed by atoms with van der Waals surface area (Å²) in [6.45, 7) is 3.27. The van der Waals surface area contributed by atoms with Crippen molar-refractivity contribution in [1.29, 1.82) is 0 Å². The lowest BCUT2D eigenvalue weighted by Crippen LogP contribution is -2.38. The van der Waals surface area contributed by atoms with Crippen molar-refractivity contribution < 1.29 is 19.4 Å². The highest BCUT2D eigenvalue weighted by Crippen LogP contribution is 2.30. The molecule has 1 aliphatic carbocycles. The van der Waals surface area contributed by atoms with E-state index in [1.807, 2.05) is 25.1 Å². The van der Waals surface area contributed by atoms with Gasteiger partial charge in [0.05, 0.1) is 13.0 Å². The number of carboxylic acid groups (broad SMARTS) is 1. The maximum Gasteiger partial charge on any atom is 0.317 e. The van der Waals surface area contributed by atoms with E-state index in [-0.39, 0.29) is 19.0 Å². The number of aryl methyl sites for hydroxylation is 1. The predicted molar refractivity (Wildman–Crippen MR) is 86.5 cm³/mol. The highest BCUT2D eigenvalue weighted by Gasteiger charge is 2.22. The Morgan fingerprint density at radius 1 is 1.39 bits per heavy atom. The third kappa shape index (κ3) is 5.81. The van der Waals surface area contributed by atoms with Gasteiger partial charge in [-0.1, -0.05) is 12.1 Å². The molecule has 0 spiro atoms. The number of ether oxygens (including phenoxy) is 1. The van der Waals surface area contributed by atoms with Gasteiger partial charge in [-0.3, -0.25) is 4.79 Å². The molecule has 1 aromatic rings. The van der Waals surface area contributed by atoms with Crippen LogP contribution in [0.3, 0.4) is 0 Å². The van der Waals surface area contributed by atoms with Crippen LogP contribution in [0.1, 0.15) is 30.4 Å². The molecular formula is C17H24N2O4. The smallest absolute Gasteiger partial charge is 0.317 e. The second kappa shape index (κ2) is 7.85. The van der Waals surface area contributed by atoms with Crippen LogP contribution in [0, 0.1) is 12.8 Å². The Morgan fingerprint density at radius 3 is 2.78 bits per heavy atom. The summed E-state index contributed by atoms with van der Waals surface area (Å²) in [6, 6.07) is 5.63. The van der Waals surface area contributed by atoms with E-state index >= 15 is 0 Å². The number of urea groups is 1. The van der Waals surface area contributed by atoms with E-state index in [1.165, 1.54) is 17.7 Å². The fourth-order valence-corrected chi connectivity index (χ4v) is 2.11. The van der Waals surface area contributed by atoms with E-state index in [0.29, 0.717) is 12.5 Å². The largest absolute Gasteiger partial charge is 0.493 e. The first kappa shape index (κ1) is 17.1. The van der Waals surface area contributed by atoms with Gasteiger partial charge in [0.1, 0.15) is 5.75 Å². The first-order valence-electron chi connectivity index (χ1n) is 7.89. The van der Waals surface area contributed by atoms with Crippen molar-refractivity contribution in [2.24, 2.45) is 5.92 Å². The fraction of sp³-hybridized carbons (Fsp3) is 0.529. The molecule has 126 valence electrons. The molecule has 0 unspecified atom stereocenters. The molecular weight excluding hydrogens is 296 g/mol. The first-order valence-corrected chi connectivity index (χ1v) is 7.89. The number of nitrogens with zero attached hydrogens (tertiary/aromatic N) is 1. The zero-order valence-corrected chi connectivity index (χ0v) is 13.7. The summed E-state index contributed by atoms with van der Waals surface area (Å²) < 4.78 is 5.87. The van der Waals surface area contributed by atoms with Crippen LogP contribution in [0.4, 0.5) is 4.79 Å². The van der Waals surface area contributed by atoms with Gasteiger partial charge in [-0.05, 0) is 37.3 Å². The summed E-state index contributed by atoms with van der Waals surface area (Å²) >= 11 is 0. The average molecular weight is 320 g/mol. The number of hydrogen-bond donors (Lipinski definition) is 2. The number of nitrogens with one attached hydrogen (secondary N) is 1. The number of amides is 2. The quantitative estimate of drug-likeness (QED) is 0.771. The minimum Gasteiger partial charge on any atom is -0.493 e. The molecule has 1 saturated carbocycles. The molecule has 1 fully saturated rings. The van der Waals surface area contributed by atoms with E-state index in [9.17, 15) is 9.59 Å². The normalized spacial score (nSPS) is 13.5. The van der Waals surface area contributed by atoms with Gasteiger partial charge in [0.25, 0.3) is 0 Å². The summed E-state index contributed by atoms with van der Waals surface area (Å²) in [7, 11) is 1.58. The molecule has 0 bridgehead atoms. The van der Waals surface area contributed by atoms with E-state index in [4.69, 9.17) is 9.84 Å². The number of carboxylic acids is 1. The lowest BCUT2D eigenvalue weighted by Gasteiger charge is -2.18. The predicted octanol–water partition coefficient (Wildman–Crippen LogP) is 2.40. The highest BCUT2D eigenvalue weighted by molar-refractivity contribution is 5.75. The number of benzene rings is 1. The first-order chi connectivity index (χ1) is 11.0. The van der Waals surface area contributed by atoms with Gasteiger partial charge in [0.15, 0.2) is 0 Å². The number of carbonyl (C=O) groups is 2. The molecule has 0 aromatic heterocycles. The van der Waals surface area contributed by atoms with Crippen LogP contribution in [-0.2, 0) is 11.3 Å². The Balaban J connectivity index is 1.88. The van der Waals surface area contributed by atoms with Gasteiger partial charge in [-0.25, -0.2) is 4.79 Å². The summed E-state index contributed by atoms with van der Waals surface area (Å²) in [5, 5.41) is 11.4. The van der Waals surface area contributed by atoms with E-state index < -0.39 is 5.97 Å². The Labute approximate surface area is 136 Å².